The monoisotopic (exact) mass is 251 g/mol. The summed E-state index contributed by atoms with van der Waals surface area (Å²) in [6, 6.07) is 6.69. The Kier molecular flexibility index (Phi) is 6.33. The van der Waals surface area contributed by atoms with Crippen LogP contribution in [0.2, 0.25) is 0 Å². The molecule has 1 aromatic rings. The maximum absolute atomic E-state index is 9.57. The molecule has 0 aliphatic rings. The molecule has 0 spiro atoms. The van der Waals surface area contributed by atoms with Crippen molar-refractivity contribution in [3.8, 4) is 0 Å². The van der Waals surface area contributed by atoms with Crippen LogP contribution >= 0.6 is 0 Å². The SMILES string of the molecule is COCC(O)CCNC(C)c1cccc(C)c1C. The zero-order valence-electron chi connectivity index (χ0n) is 11.9. The van der Waals surface area contributed by atoms with Gasteiger partial charge in [0, 0.05) is 13.2 Å². The third-order valence-electron chi connectivity index (χ3n) is 3.40. The zero-order chi connectivity index (χ0) is 13.5. The summed E-state index contributed by atoms with van der Waals surface area (Å²) in [6.45, 7) is 7.64. The summed E-state index contributed by atoms with van der Waals surface area (Å²) in [5, 5.41) is 13.0. The van der Waals surface area contributed by atoms with E-state index in [4.69, 9.17) is 4.74 Å². The molecule has 1 aromatic carbocycles. The molecule has 0 aliphatic heterocycles. The quantitative estimate of drug-likeness (QED) is 0.781. The van der Waals surface area contributed by atoms with Crippen molar-refractivity contribution in [1.82, 2.24) is 5.32 Å². The minimum Gasteiger partial charge on any atom is -0.391 e. The van der Waals surface area contributed by atoms with Crippen molar-refractivity contribution >= 4 is 0 Å². The van der Waals surface area contributed by atoms with Gasteiger partial charge < -0.3 is 15.2 Å². The van der Waals surface area contributed by atoms with Crippen LogP contribution in [0.3, 0.4) is 0 Å². The second-order valence-corrected chi connectivity index (χ2v) is 4.86. The molecule has 3 heteroatoms. The molecule has 3 nitrogen and oxygen atoms in total. The van der Waals surface area contributed by atoms with E-state index in [0.717, 1.165) is 6.54 Å². The third-order valence-corrected chi connectivity index (χ3v) is 3.40. The summed E-state index contributed by atoms with van der Waals surface area (Å²) in [6.07, 6.45) is 0.330. The Labute approximate surface area is 110 Å². The van der Waals surface area contributed by atoms with Gasteiger partial charge in [0.2, 0.25) is 0 Å². The summed E-state index contributed by atoms with van der Waals surface area (Å²) < 4.78 is 4.90. The molecule has 2 atom stereocenters. The van der Waals surface area contributed by atoms with Gasteiger partial charge in [-0.2, -0.15) is 0 Å². The van der Waals surface area contributed by atoms with E-state index >= 15 is 0 Å². The molecule has 0 aliphatic carbocycles. The molecule has 0 saturated carbocycles. The summed E-state index contributed by atoms with van der Waals surface area (Å²) in [7, 11) is 1.61. The minimum absolute atomic E-state index is 0.305. The maximum atomic E-state index is 9.57. The molecule has 0 amide bonds. The van der Waals surface area contributed by atoms with Crippen molar-refractivity contribution < 1.29 is 9.84 Å². The second kappa shape index (κ2) is 7.52. The number of hydrogen-bond acceptors (Lipinski definition) is 3. The number of rotatable bonds is 7. The fourth-order valence-electron chi connectivity index (χ4n) is 2.10. The van der Waals surface area contributed by atoms with E-state index in [1.165, 1.54) is 16.7 Å². The third kappa shape index (κ3) is 4.41. The van der Waals surface area contributed by atoms with Crippen LogP contribution in [0.15, 0.2) is 18.2 Å². The van der Waals surface area contributed by atoms with Gasteiger partial charge in [-0.05, 0) is 50.4 Å². The van der Waals surface area contributed by atoms with Gasteiger partial charge in [0.15, 0.2) is 0 Å². The number of nitrogens with one attached hydrogen (secondary N) is 1. The van der Waals surface area contributed by atoms with E-state index in [9.17, 15) is 5.11 Å². The number of benzene rings is 1. The summed E-state index contributed by atoms with van der Waals surface area (Å²) in [5.74, 6) is 0. The molecule has 102 valence electrons. The Morgan fingerprint density at radius 3 is 2.72 bits per heavy atom. The molecule has 0 bridgehead atoms. The Morgan fingerprint density at radius 2 is 2.06 bits per heavy atom. The first-order chi connectivity index (χ1) is 8.56. The number of methoxy groups -OCH3 is 1. The van der Waals surface area contributed by atoms with Crippen molar-refractivity contribution in [3.05, 3.63) is 34.9 Å². The van der Waals surface area contributed by atoms with Gasteiger partial charge >= 0.3 is 0 Å². The van der Waals surface area contributed by atoms with Crippen LogP contribution in [0.5, 0.6) is 0 Å². The highest BCUT2D eigenvalue weighted by Crippen LogP contribution is 2.19. The maximum Gasteiger partial charge on any atom is 0.0785 e. The molecule has 0 saturated heterocycles. The van der Waals surface area contributed by atoms with Crippen molar-refractivity contribution in [2.45, 2.75) is 39.3 Å². The normalized spacial score (nSPS) is 14.5. The van der Waals surface area contributed by atoms with Gasteiger partial charge in [-0.1, -0.05) is 18.2 Å². The first-order valence-corrected chi connectivity index (χ1v) is 6.52. The molecule has 0 radical (unpaired) electrons. The van der Waals surface area contributed by atoms with Crippen molar-refractivity contribution in [2.24, 2.45) is 0 Å². The predicted molar refractivity (Wildman–Crippen MR) is 74.8 cm³/mol. The lowest BCUT2D eigenvalue weighted by Crippen LogP contribution is -2.26. The molecule has 2 N–H and O–H groups in total. The highest BCUT2D eigenvalue weighted by molar-refractivity contribution is 5.34. The van der Waals surface area contributed by atoms with E-state index in [-0.39, 0.29) is 6.10 Å². The molecule has 2 unspecified atom stereocenters. The molecule has 0 fully saturated rings. The zero-order valence-corrected chi connectivity index (χ0v) is 11.9. The van der Waals surface area contributed by atoms with Gasteiger partial charge in [0.25, 0.3) is 0 Å². The van der Waals surface area contributed by atoms with Crippen LogP contribution in [-0.2, 0) is 4.74 Å². The smallest absolute Gasteiger partial charge is 0.0785 e. The summed E-state index contributed by atoms with van der Waals surface area (Å²) in [5.41, 5.74) is 3.99. The van der Waals surface area contributed by atoms with Crippen molar-refractivity contribution in [2.75, 3.05) is 20.3 Å². The van der Waals surface area contributed by atoms with E-state index < -0.39 is 0 Å². The lowest BCUT2D eigenvalue weighted by molar-refractivity contribution is 0.0590. The van der Waals surface area contributed by atoms with E-state index in [2.05, 4.69) is 44.3 Å². The lowest BCUT2D eigenvalue weighted by Gasteiger charge is -2.19. The standard InChI is InChI=1S/C15H25NO2/c1-11-6-5-7-15(12(11)2)13(3)16-9-8-14(17)10-18-4/h5-7,13-14,16-17H,8-10H2,1-4H3. The van der Waals surface area contributed by atoms with Gasteiger partial charge in [-0.3, -0.25) is 0 Å². The topological polar surface area (TPSA) is 41.5 Å². The first-order valence-electron chi connectivity index (χ1n) is 6.52. The van der Waals surface area contributed by atoms with Crippen molar-refractivity contribution in [1.29, 1.82) is 0 Å². The van der Waals surface area contributed by atoms with Gasteiger partial charge in [-0.25, -0.2) is 0 Å². The van der Waals surface area contributed by atoms with Gasteiger partial charge in [-0.15, -0.1) is 0 Å². The van der Waals surface area contributed by atoms with E-state index in [1.807, 2.05) is 0 Å². The summed E-state index contributed by atoms with van der Waals surface area (Å²) >= 11 is 0. The highest BCUT2D eigenvalue weighted by atomic mass is 16.5. The Bertz CT molecular complexity index is 366. The number of ether oxygens (including phenoxy) is 1. The lowest BCUT2D eigenvalue weighted by atomic mass is 9.98. The minimum atomic E-state index is -0.381. The fourth-order valence-corrected chi connectivity index (χ4v) is 2.10. The Balaban J connectivity index is 2.45. The fraction of sp³-hybridized carbons (Fsp3) is 0.600. The van der Waals surface area contributed by atoms with Crippen LogP contribution in [-0.4, -0.2) is 31.5 Å². The highest BCUT2D eigenvalue weighted by Gasteiger charge is 2.10. The molecular weight excluding hydrogens is 226 g/mol. The Morgan fingerprint density at radius 1 is 1.33 bits per heavy atom. The van der Waals surface area contributed by atoms with E-state index in [0.29, 0.717) is 19.1 Å². The average molecular weight is 251 g/mol. The van der Waals surface area contributed by atoms with Crippen molar-refractivity contribution in [3.63, 3.8) is 0 Å². The number of hydrogen-bond donors (Lipinski definition) is 2. The molecule has 18 heavy (non-hydrogen) atoms. The van der Waals surface area contributed by atoms with Crippen LogP contribution in [0.25, 0.3) is 0 Å². The van der Waals surface area contributed by atoms with Crippen LogP contribution in [0.4, 0.5) is 0 Å². The van der Waals surface area contributed by atoms with Crippen LogP contribution < -0.4 is 5.32 Å². The molecule has 0 aromatic heterocycles. The van der Waals surface area contributed by atoms with Gasteiger partial charge in [0.1, 0.15) is 0 Å². The number of aliphatic hydroxyl groups is 1. The van der Waals surface area contributed by atoms with E-state index in [1.54, 1.807) is 7.11 Å². The largest absolute Gasteiger partial charge is 0.391 e. The second-order valence-electron chi connectivity index (χ2n) is 4.86. The number of aliphatic hydroxyl groups excluding tert-OH is 1. The van der Waals surface area contributed by atoms with Crippen LogP contribution in [0, 0.1) is 13.8 Å². The van der Waals surface area contributed by atoms with Crippen LogP contribution in [0.1, 0.15) is 36.1 Å². The summed E-state index contributed by atoms with van der Waals surface area (Å²) in [4.78, 5) is 0. The molecular formula is C15H25NO2. The molecule has 1 rings (SSSR count). The predicted octanol–water partition coefficient (Wildman–Crippen LogP) is 2.35. The van der Waals surface area contributed by atoms with Gasteiger partial charge in [0.05, 0.1) is 12.7 Å². The number of aryl methyl sites for hydroxylation is 1. The average Bonchev–Trinajstić information content (AvgIpc) is 2.33. The Hall–Kier alpha value is -0.900. The first kappa shape index (κ1) is 15.2. The molecule has 0 heterocycles.